The second-order valence-electron chi connectivity index (χ2n) is 9.33. The van der Waals surface area contributed by atoms with Crippen molar-refractivity contribution in [2.45, 2.75) is 46.3 Å². The maximum Gasteiger partial charge on any atom is 0.255 e. The van der Waals surface area contributed by atoms with Crippen LogP contribution in [0.25, 0.3) is 22.0 Å². The predicted octanol–water partition coefficient (Wildman–Crippen LogP) is 6.78. The third-order valence-corrected chi connectivity index (χ3v) is 6.25. The van der Waals surface area contributed by atoms with Crippen LogP contribution in [0.4, 0.5) is 5.69 Å². The van der Waals surface area contributed by atoms with Gasteiger partial charge in [0.15, 0.2) is 0 Å². The number of ether oxygens (including phenoxy) is 1. The first-order valence-corrected chi connectivity index (χ1v) is 12.1. The largest absolute Gasteiger partial charge is 0.497 e. The summed E-state index contributed by atoms with van der Waals surface area (Å²) in [5.74, 6) is 0.680. The number of methoxy groups -OCH3 is 1. The second-order valence-corrected chi connectivity index (χ2v) is 9.33. The zero-order valence-corrected chi connectivity index (χ0v) is 21.1. The van der Waals surface area contributed by atoms with Crippen molar-refractivity contribution in [3.63, 3.8) is 0 Å². The molecular weight excluding hydrogens is 434 g/mol. The Morgan fingerprint density at radius 2 is 1.49 bits per heavy atom. The number of nitrogens with one attached hydrogen (secondary N) is 1. The molecule has 1 amide bonds. The lowest BCUT2D eigenvalue weighted by atomic mass is 10.0. The van der Waals surface area contributed by atoms with Crippen molar-refractivity contribution in [2.75, 3.05) is 12.4 Å². The van der Waals surface area contributed by atoms with Gasteiger partial charge in [0.25, 0.3) is 5.91 Å². The zero-order chi connectivity index (χ0) is 24.9. The number of anilines is 1. The summed E-state index contributed by atoms with van der Waals surface area (Å²) in [5.41, 5.74) is 5.46. The fourth-order valence-electron chi connectivity index (χ4n) is 4.28. The van der Waals surface area contributed by atoms with E-state index in [-0.39, 0.29) is 5.91 Å². The molecule has 0 saturated heterocycles. The van der Waals surface area contributed by atoms with Crippen LogP contribution < -0.4 is 10.1 Å². The SMILES string of the molecule is COc1ccc(-c2ccc(C(=O)Nc3ccc4nc(CN(C(C)C)C(C)C)ccc4c3)cc2)cc1. The number of rotatable bonds is 8. The monoisotopic (exact) mass is 467 g/mol. The molecule has 35 heavy (non-hydrogen) atoms. The van der Waals surface area contributed by atoms with Crippen LogP contribution in [0.1, 0.15) is 43.7 Å². The predicted molar refractivity (Wildman–Crippen MR) is 144 cm³/mol. The summed E-state index contributed by atoms with van der Waals surface area (Å²) in [4.78, 5) is 20.1. The number of pyridine rings is 1. The van der Waals surface area contributed by atoms with Crippen LogP contribution in [0, 0.1) is 0 Å². The lowest BCUT2D eigenvalue weighted by Crippen LogP contribution is -2.36. The molecule has 1 aromatic heterocycles. The molecule has 0 atom stereocenters. The topological polar surface area (TPSA) is 54.5 Å². The van der Waals surface area contributed by atoms with Crippen LogP contribution in [-0.2, 0) is 6.54 Å². The Balaban J connectivity index is 1.45. The molecule has 1 heterocycles. The Hall–Kier alpha value is -3.70. The van der Waals surface area contributed by atoms with Gasteiger partial charge in [0.1, 0.15) is 5.75 Å². The number of nitrogens with zero attached hydrogens (tertiary/aromatic N) is 2. The summed E-state index contributed by atoms with van der Waals surface area (Å²) >= 11 is 0. The fraction of sp³-hybridized carbons (Fsp3) is 0.267. The normalized spacial score (nSPS) is 11.4. The van der Waals surface area contributed by atoms with Crippen molar-refractivity contribution >= 4 is 22.5 Å². The Morgan fingerprint density at radius 3 is 2.09 bits per heavy atom. The third kappa shape index (κ3) is 5.87. The molecule has 1 N–H and O–H groups in total. The van der Waals surface area contributed by atoms with Gasteiger partial charge in [0, 0.05) is 35.3 Å². The van der Waals surface area contributed by atoms with Crippen LogP contribution in [-0.4, -0.2) is 35.0 Å². The van der Waals surface area contributed by atoms with Crippen LogP contribution in [0.5, 0.6) is 5.75 Å². The minimum Gasteiger partial charge on any atom is -0.497 e. The highest BCUT2D eigenvalue weighted by Crippen LogP contribution is 2.24. The molecule has 0 aliphatic heterocycles. The molecule has 0 spiro atoms. The first kappa shape index (κ1) is 24.4. The Morgan fingerprint density at radius 1 is 0.857 bits per heavy atom. The van der Waals surface area contributed by atoms with E-state index in [0.717, 1.165) is 45.7 Å². The number of amides is 1. The summed E-state index contributed by atoms with van der Waals surface area (Å²) in [7, 11) is 1.65. The highest BCUT2D eigenvalue weighted by molar-refractivity contribution is 6.05. The Labute approximate surface area is 207 Å². The van der Waals surface area contributed by atoms with Crippen molar-refractivity contribution in [2.24, 2.45) is 0 Å². The number of hydrogen-bond acceptors (Lipinski definition) is 4. The van der Waals surface area contributed by atoms with Crippen LogP contribution in [0.2, 0.25) is 0 Å². The van der Waals surface area contributed by atoms with Crippen molar-refractivity contribution in [1.29, 1.82) is 0 Å². The van der Waals surface area contributed by atoms with E-state index >= 15 is 0 Å². The van der Waals surface area contributed by atoms with E-state index in [1.54, 1.807) is 7.11 Å². The average Bonchev–Trinajstić information content (AvgIpc) is 2.87. The lowest BCUT2D eigenvalue weighted by molar-refractivity contribution is 0.102. The van der Waals surface area contributed by atoms with E-state index in [1.807, 2.05) is 66.7 Å². The first-order chi connectivity index (χ1) is 16.8. The molecular formula is C30H33N3O2. The van der Waals surface area contributed by atoms with Crippen molar-refractivity contribution < 1.29 is 9.53 Å². The number of fused-ring (bicyclic) bond motifs is 1. The molecule has 0 aliphatic carbocycles. The quantitative estimate of drug-likeness (QED) is 0.310. The summed E-state index contributed by atoms with van der Waals surface area (Å²) in [6, 6.07) is 26.4. The van der Waals surface area contributed by atoms with Crippen molar-refractivity contribution in [3.8, 4) is 16.9 Å². The molecule has 5 heteroatoms. The van der Waals surface area contributed by atoms with Gasteiger partial charge in [-0.2, -0.15) is 0 Å². The molecule has 0 unspecified atom stereocenters. The minimum absolute atomic E-state index is 0.139. The molecule has 5 nitrogen and oxygen atoms in total. The van der Waals surface area contributed by atoms with Crippen molar-refractivity contribution in [3.05, 3.63) is 90.1 Å². The van der Waals surface area contributed by atoms with E-state index in [4.69, 9.17) is 9.72 Å². The summed E-state index contributed by atoms with van der Waals surface area (Å²) in [6.45, 7) is 9.66. The maximum absolute atomic E-state index is 12.8. The van der Waals surface area contributed by atoms with Gasteiger partial charge < -0.3 is 10.1 Å². The lowest BCUT2D eigenvalue weighted by Gasteiger charge is -2.30. The number of carbonyl (C=O) groups is 1. The molecule has 0 aliphatic rings. The van der Waals surface area contributed by atoms with Crippen LogP contribution in [0.3, 0.4) is 0 Å². The van der Waals surface area contributed by atoms with Gasteiger partial charge in [-0.3, -0.25) is 14.7 Å². The molecule has 0 saturated carbocycles. The highest BCUT2D eigenvalue weighted by Gasteiger charge is 2.15. The first-order valence-electron chi connectivity index (χ1n) is 12.1. The molecule has 3 aromatic carbocycles. The molecule has 4 aromatic rings. The van der Waals surface area contributed by atoms with Crippen molar-refractivity contribution in [1.82, 2.24) is 9.88 Å². The Kier molecular flexibility index (Phi) is 7.47. The zero-order valence-electron chi connectivity index (χ0n) is 21.1. The van der Waals surface area contributed by atoms with Gasteiger partial charge in [-0.05, 0) is 87.4 Å². The summed E-state index contributed by atoms with van der Waals surface area (Å²) < 4.78 is 5.22. The second kappa shape index (κ2) is 10.7. The smallest absolute Gasteiger partial charge is 0.255 e. The van der Waals surface area contributed by atoms with Gasteiger partial charge >= 0.3 is 0 Å². The number of hydrogen-bond donors (Lipinski definition) is 1. The van der Waals surface area contributed by atoms with Gasteiger partial charge in [0.2, 0.25) is 0 Å². The van der Waals surface area contributed by atoms with Crippen LogP contribution in [0.15, 0.2) is 78.9 Å². The molecule has 0 radical (unpaired) electrons. The number of carbonyl (C=O) groups excluding carboxylic acids is 1. The van der Waals surface area contributed by atoms with Gasteiger partial charge in [-0.1, -0.05) is 30.3 Å². The fourth-order valence-corrected chi connectivity index (χ4v) is 4.28. The van der Waals surface area contributed by atoms with E-state index in [0.29, 0.717) is 17.6 Å². The number of aromatic nitrogens is 1. The minimum atomic E-state index is -0.139. The molecule has 0 bridgehead atoms. The Bertz CT molecular complexity index is 1290. The summed E-state index contributed by atoms with van der Waals surface area (Å²) in [5, 5.41) is 4.01. The van der Waals surface area contributed by atoms with E-state index < -0.39 is 0 Å². The highest BCUT2D eigenvalue weighted by atomic mass is 16.5. The van der Waals surface area contributed by atoms with Crippen LogP contribution >= 0.6 is 0 Å². The van der Waals surface area contributed by atoms with E-state index in [2.05, 4.69) is 50.0 Å². The third-order valence-electron chi connectivity index (χ3n) is 6.25. The molecule has 0 fully saturated rings. The maximum atomic E-state index is 12.8. The van der Waals surface area contributed by atoms with E-state index in [9.17, 15) is 4.79 Å². The molecule has 4 rings (SSSR count). The van der Waals surface area contributed by atoms with E-state index in [1.165, 1.54) is 0 Å². The standard InChI is InChI=1S/C30H33N3O2/c1-20(2)33(21(3)4)19-27-13-10-25-18-26(14-17-29(25)31-27)32-30(34)24-8-6-22(7-9-24)23-11-15-28(35-5)16-12-23/h6-18,20-21H,19H2,1-5H3,(H,32,34). The van der Waals surface area contributed by atoms with Gasteiger partial charge in [0.05, 0.1) is 18.3 Å². The molecule has 180 valence electrons. The summed E-state index contributed by atoms with van der Waals surface area (Å²) in [6.07, 6.45) is 0. The van der Waals surface area contributed by atoms with Gasteiger partial charge in [-0.15, -0.1) is 0 Å². The number of benzene rings is 3. The average molecular weight is 468 g/mol. The van der Waals surface area contributed by atoms with Gasteiger partial charge in [-0.25, -0.2) is 0 Å².